The van der Waals surface area contributed by atoms with E-state index in [1.165, 1.54) is 5.56 Å². The maximum absolute atomic E-state index is 13.0. The maximum Gasteiger partial charge on any atom is 0.263 e. The fourth-order valence-electron chi connectivity index (χ4n) is 3.86. The van der Waals surface area contributed by atoms with Gasteiger partial charge in [0.2, 0.25) is 0 Å². The molecule has 0 saturated carbocycles. The van der Waals surface area contributed by atoms with Crippen molar-refractivity contribution in [3.63, 3.8) is 0 Å². The van der Waals surface area contributed by atoms with Crippen molar-refractivity contribution in [2.45, 2.75) is 38.8 Å². The predicted octanol–water partition coefficient (Wildman–Crippen LogP) is 4.07. The van der Waals surface area contributed by atoms with Crippen LogP contribution in [0.4, 0.5) is 0 Å². The Morgan fingerprint density at radius 3 is 2.70 bits per heavy atom. The van der Waals surface area contributed by atoms with Gasteiger partial charge in [-0.25, -0.2) is 0 Å². The lowest BCUT2D eigenvalue weighted by molar-refractivity contribution is -0.135. The number of ether oxygens (including phenoxy) is 2. The third kappa shape index (κ3) is 4.46. The zero-order valence-electron chi connectivity index (χ0n) is 17.7. The van der Waals surface area contributed by atoms with Gasteiger partial charge in [-0.05, 0) is 57.0 Å². The fourth-order valence-corrected chi connectivity index (χ4v) is 3.86. The molecule has 5 heteroatoms. The molecule has 3 aromatic rings. The van der Waals surface area contributed by atoms with Crippen LogP contribution in [-0.4, -0.2) is 35.7 Å². The number of rotatable bonds is 6. The molecule has 1 aliphatic rings. The van der Waals surface area contributed by atoms with E-state index < -0.39 is 5.60 Å². The molecule has 1 aliphatic heterocycles. The smallest absolute Gasteiger partial charge is 0.263 e. The first-order valence-electron chi connectivity index (χ1n) is 10.4. The average Bonchev–Trinajstić information content (AvgIpc) is 3.16. The number of aromatic nitrogens is 1. The summed E-state index contributed by atoms with van der Waals surface area (Å²) < 4.78 is 11.7. The number of nitrogens with one attached hydrogen (secondary N) is 1. The van der Waals surface area contributed by atoms with E-state index in [9.17, 15) is 4.79 Å². The molecule has 1 fully saturated rings. The predicted molar refractivity (Wildman–Crippen MR) is 118 cm³/mol. The highest BCUT2D eigenvalue weighted by molar-refractivity contribution is 5.85. The van der Waals surface area contributed by atoms with Gasteiger partial charge in [0.15, 0.2) is 5.60 Å². The summed E-state index contributed by atoms with van der Waals surface area (Å²) in [7, 11) is 0. The zero-order valence-corrected chi connectivity index (χ0v) is 17.7. The number of aryl methyl sites for hydroxylation is 1. The van der Waals surface area contributed by atoms with E-state index in [2.05, 4.69) is 22.4 Å². The Kier molecular flexibility index (Phi) is 5.73. The van der Waals surface area contributed by atoms with Crippen molar-refractivity contribution in [1.82, 2.24) is 10.3 Å². The third-order valence-electron chi connectivity index (χ3n) is 5.68. The lowest BCUT2D eigenvalue weighted by Gasteiger charge is -2.28. The molecule has 0 aliphatic carbocycles. The molecule has 30 heavy (non-hydrogen) atoms. The Labute approximate surface area is 177 Å². The summed E-state index contributed by atoms with van der Waals surface area (Å²) in [6.07, 6.45) is 2.67. The normalized spacial score (nSPS) is 19.0. The van der Waals surface area contributed by atoms with E-state index in [-0.39, 0.29) is 17.9 Å². The van der Waals surface area contributed by atoms with Gasteiger partial charge in [0.25, 0.3) is 5.91 Å². The van der Waals surface area contributed by atoms with Gasteiger partial charge >= 0.3 is 0 Å². The minimum Gasteiger partial charge on any atom is -0.478 e. The van der Waals surface area contributed by atoms with E-state index >= 15 is 0 Å². The molecule has 0 spiro atoms. The number of benzene rings is 2. The number of amides is 1. The molecular weight excluding hydrogens is 376 g/mol. The summed E-state index contributed by atoms with van der Waals surface area (Å²) in [4.78, 5) is 17.4. The highest BCUT2D eigenvalue weighted by Gasteiger charge is 2.36. The van der Waals surface area contributed by atoms with Crippen LogP contribution in [0.25, 0.3) is 10.9 Å². The van der Waals surface area contributed by atoms with Crippen molar-refractivity contribution >= 4 is 16.8 Å². The topological polar surface area (TPSA) is 60.5 Å². The van der Waals surface area contributed by atoms with Crippen LogP contribution in [0.5, 0.6) is 5.75 Å². The number of nitrogens with zero attached hydrogens (tertiary/aromatic N) is 1. The Morgan fingerprint density at radius 2 is 1.90 bits per heavy atom. The highest BCUT2D eigenvalue weighted by Crippen LogP contribution is 2.25. The second-order valence-electron chi connectivity index (χ2n) is 8.49. The largest absolute Gasteiger partial charge is 0.478 e. The molecule has 4 rings (SSSR count). The number of carbonyl (C=O) groups is 1. The first-order chi connectivity index (χ1) is 14.4. The molecule has 1 saturated heterocycles. The maximum atomic E-state index is 13.0. The van der Waals surface area contributed by atoms with Crippen molar-refractivity contribution in [3.8, 4) is 5.75 Å². The fraction of sp³-hybridized carbons (Fsp3) is 0.360. The summed E-state index contributed by atoms with van der Waals surface area (Å²) >= 11 is 0. The Bertz CT molecular complexity index is 1020. The van der Waals surface area contributed by atoms with Crippen LogP contribution in [0, 0.1) is 12.8 Å². The van der Waals surface area contributed by atoms with Gasteiger partial charge in [-0.3, -0.25) is 9.78 Å². The second-order valence-corrected chi connectivity index (χ2v) is 8.49. The van der Waals surface area contributed by atoms with Gasteiger partial charge in [-0.15, -0.1) is 0 Å². The molecule has 0 radical (unpaired) electrons. The van der Waals surface area contributed by atoms with Crippen molar-refractivity contribution < 1.29 is 14.3 Å². The minimum atomic E-state index is -0.980. The Hall–Kier alpha value is -2.92. The van der Waals surface area contributed by atoms with Crippen LogP contribution < -0.4 is 10.1 Å². The first kappa shape index (κ1) is 20.4. The minimum absolute atomic E-state index is 0.0506. The van der Waals surface area contributed by atoms with Crippen LogP contribution in [0.2, 0.25) is 0 Å². The standard InChI is InChI=1S/C25H28N2O3/c1-17-8-10-20(11-9-17)30-25(2,3)24(28)27-23-16-29-15-19(23)14-18-12-13-26-22-7-5-4-6-21(18)22/h4-13,19,23H,14-16H2,1-3H3,(H,27,28)/t19-,23-/m1/s1. The Balaban J connectivity index is 1.44. The van der Waals surface area contributed by atoms with Crippen LogP contribution in [0.1, 0.15) is 25.0 Å². The summed E-state index contributed by atoms with van der Waals surface area (Å²) in [6.45, 7) is 6.75. The average molecular weight is 405 g/mol. The van der Waals surface area contributed by atoms with Crippen molar-refractivity contribution in [1.29, 1.82) is 0 Å². The molecule has 2 atom stereocenters. The van der Waals surface area contributed by atoms with Gasteiger partial charge in [-0.1, -0.05) is 35.9 Å². The molecule has 2 aromatic carbocycles. The molecule has 0 bridgehead atoms. The number of hydrogen-bond acceptors (Lipinski definition) is 4. The van der Waals surface area contributed by atoms with Crippen molar-refractivity contribution in [2.75, 3.05) is 13.2 Å². The van der Waals surface area contributed by atoms with Crippen LogP contribution in [0.15, 0.2) is 60.8 Å². The number of fused-ring (bicyclic) bond motifs is 1. The number of carbonyl (C=O) groups excluding carboxylic acids is 1. The molecule has 1 N–H and O–H groups in total. The van der Waals surface area contributed by atoms with Gasteiger partial charge < -0.3 is 14.8 Å². The second kappa shape index (κ2) is 8.44. The highest BCUT2D eigenvalue weighted by atomic mass is 16.5. The summed E-state index contributed by atoms with van der Waals surface area (Å²) in [5, 5.41) is 4.32. The molecule has 156 valence electrons. The van der Waals surface area contributed by atoms with E-state index in [0.29, 0.717) is 19.0 Å². The molecular formula is C25H28N2O3. The SMILES string of the molecule is Cc1ccc(OC(C)(C)C(=O)N[C@@H]2COC[C@H]2Cc2ccnc3ccccc23)cc1. The number of para-hydroxylation sites is 1. The van der Waals surface area contributed by atoms with E-state index in [0.717, 1.165) is 22.9 Å². The third-order valence-corrected chi connectivity index (χ3v) is 5.68. The molecule has 0 unspecified atom stereocenters. The monoisotopic (exact) mass is 404 g/mol. The lowest BCUT2D eigenvalue weighted by Crippen LogP contribution is -2.52. The van der Waals surface area contributed by atoms with E-state index in [1.807, 2.05) is 55.6 Å². The van der Waals surface area contributed by atoms with Gasteiger partial charge in [0.1, 0.15) is 5.75 Å². The zero-order chi connectivity index (χ0) is 21.1. The number of hydrogen-bond donors (Lipinski definition) is 1. The first-order valence-corrected chi connectivity index (χ1v) is 10.4. The van der Waals surface area contributed by atoms with Crippen LogP contribution >= 0.6 is 0 Å². The summed E-state index contributed by atoms with van der Waals surface area (Å²) in [5.74, 6) is 0.751. The number of pyridine rings is 1. The summed E-state index contributed by atoms with van der Waals surface area (Å²) in [6, 6.07) is 17.9. The molecule has 1 aromatic heterocycles. The summed E-state index contributed by atoms with van der Waals surface area (Å²) in [5.41, 5.74) is 2.39. The van der Waals surface area contributed by atoms with Crippen molar-refractivity contribution in [2.24, 2.45) is 5.92 Å². The van der Waals surface area contributed by atoms with Gasteiger partial charge in [0.05, 0.1) is 24.8 Å². The Morgan fingerprint density at radius 1 is 1.13 bits per heavy atom. The van der Waals surface area contributed by atoms with Gasteiger partial charge in [-0.2, -0.15) is 0 Å². The van der Waals surface area contributed by atoms with Crippen LogP contribution in [-0.2, 0) is 16.0 Å². The van der Waals surface area contributed by atoms with Gasteiger partial charge in [0, 0.05) is 17.5 Å². The van der Waals surface area contributed by atoms with Crippen LogP contribution in [0.3, 0.4) is 0 Å². The van der Waals surface area contributed by atoms with E-state index in [1.54, 1.807) is 13.8 Å². The molecule has 5 nitrogen and oxygen atoms in total. The molecule has 1 amide bonds. The van der Waals surface area contributed by atoms with Crippen molar-refractivity contribution in [3.05, 3.63) is 71.9 Å². The quantitative estimate of drug-likeness (QED) is 0.673. The molecule has 2 heterocycles. The lowest BCUT2D eigenvalue weighted by atomic mass is 9.92. The van der Waals surface area contributed by atoms with E-state index in [4.69, 9.17) is 9.47 Å².